The van der Waals surface area contributed by atoms with E-state index in [1.807, 2.05) is 18.7 Å². The zero-order valence-electron chi connectivity index (χ0n) is 7.92. The number of nitrogens with one attached hydrogen (secondary N) is 1. The molecule has 0 heterocycles. The molecule has 2 nitrogen and oxygen atoms in total. The lowest BCUT2D eigenvalue weighted by Gasteiger charge is -2.13. The van der Waals surface area contributed by atoms with Crippen LogP contribution in [0.1, 0.15) is 26.2 Å². The Hall–Kier alpha value is 0.270. The third-order valence-corrected chi connectivity index (χ3v) is 3.51. The lowest BCUT2D eigenvalue weighted by atomic mass is 10.2. The highest BCUT2D eigenvalue weighted by Gasteiger charge is 2.23. The van der Waals surface area contributed by atoms with Gasteiger partial charge in [-0.25, -0.2) is 0 Å². The average molecular weight is 189 g/mol. The molecule has 0 aromatic carbocycles. The molecule has 0 aliphatic heterocycles. The van der Waals surface area contributed by atoms with E-state index in [9.17, 15) is 0 Å². The third-order valence-electron chi connectivity index (χ3n) is 2.42. The average Bonchev–Trinajstić information content (AvgIpc) is 2.48. The molecule has 1 saturated carbocycles. The van der Waals surface area contributed by atoms with Gasteiger partial charge in [-0.05, 0) is 32.4 Å². The second kappa shape index (κ2) is 5.10. The van der Waals surface area contributed by atoms with Gasteiger partial charge in [0.05, 0.1) is 6.10 Å². The van der Waals surface area contributed by atoms with Crippen LogP contribution in [0.4, 0.5) is 0 Å². The van der Waals surface area contributed by atoms with Crippen LogP contribution in [0.15, 0.2) is 0 Å². The summed E-state index contributed by atoms with van der Waals surface area (Å²) in [7, 11) is 0. The number of aliphatic hydroxyl groups is 1. The van der Waals surface area contributed by atoms with Crippen LogP contribution < -0.4 is 5.32 Å². The Morgan fingerprint density at radius 1 is 1.58 bits per heavy atom. The summed E-state index contributed by atoms with van der Waals surface area (Å²) in [5.41, 5.74) is 0. The smallest absolute Gasteiger partial charge is 0.0636 e. The molecule has 0 amide bonds. The molecular formula is C9H19NOS. The van der Waals surface area contributed by atoms with Crippen molar-refractivity contribution >= 4 is 11.8 Å². The lowest BCUT2D eigenvalue weighted by molar-refractivity contribution is 0.186. The molecule has 1 aliphatic rings. The molecule has 0 spiro atoms. The minimum absolute atomic E-state index is 0.210. The zero-order valence-corrected chi connectivity index (χ0v) is 8.73. The minimum Gasteiger partial charge on any atom is -0.392 e. The van der Waals surface area contributed by atoms with Gasteiger partial charge in [0, 0.05) is 17.8 Å². The summed E-state index contributed by atoms with van der Waals surface area (Å²) >= 11 is 1.97. The van der Waals surface area contributed by atoms with Gasteiger partial charge in [0.15, 0.2) is 0 Å². The van der Waals surface area contributed by atoms with E-state index in [0.717, 1.165) is 11.8 Å². The van der Waals surface area contributed by atoms with E-state index in [-0.39, 0.29) is 6.10 Å². The van der Waals surface area contributed by atoms with Crippen LogP contribution in [0.5, 0.6) is 0 Å². The van der Waals surface area contributed by atoms with Gasteiger partial charge < -0.3 is 10.4 Å². The molecule has 3 heteroatoms. The van der Waals surface area contributed by atoms with Gasteiger partial charge in [-0.1, -0.05) is 0 Å². The van der Waals surface area contributed by atoms with E-state index in [0.29, 0.717) is 6.04 Å². The van der Waals surface area contributed by atoms with Gasteiger partial charge in [-0.2, -0.15) is 11.8 Å². The molecule has 0 saturated heterocycles. The van der Waals surface area contributed by atoms with E-state index in [4.69, 9.17) is 5.11 Å². The lowest BCUT2D eigenvalue weighted by Crippen LogP contribution is -2.32. The highest BCUT2D eigenvalue weighted by Crippen LogP contribution is 2.27. The fourth-order valence-corrected chi connectivity index (χ4v) is 2.47. The van der Waals surface area contributed by atoms with Crippen molar-refractivity contribution in [3.8, 4) is 0 Å². The molecule has 0 bridgehead atoms. The molecule has 1 aliphatic carbocycles. The highest BCUT2D eigenvalue weighted by atomic mass is 32.2. The molecular weight excluding hydrogens is 170 g/mol. The molecule has 1 fully saturated rings. The van der Waals surface area contributed by atoms with Gasteiger partial charge in [0.25, 0.3) is 0 Å². The number of hydrogen-bond acceptors (Lipinski definition) is 3. The van der Waals surface area contributed by atoms with Gasteiger partial charge in [-0.15, -0.1) is 0 Å². The fourth-order valence-electron chi connectivity index (χ4n) is 1.68. The van der Waals surface area contributed by atoms with Crippen molar-refractivity contribution in [1.82, 2.24) is 5.32 Å². The molecule has 12 heavy (non-hydrogen) atoms. The maximum atomic E-state index is 9.07. The molecule has 0 aromatic rings. The molecule has 72 valence electrons. The van der Waals surface area contributed by atoms with Crippen molar-refractivity contribution < 1.29 is 5.11 Å². The standard InChI is InChI=1S/C9H19NOS/c1-7(11)6-10-8-3-4-9(5-8)12-2/h7-11H,3-6H2,1-2H3. The first-order valence-corrected chi connectivity index (χ1v) is 5.95. The molecule has 0 aromatic heterocycles. The first-order valence-electron chi connectivity index (χ1n) is 4.66. The second-order valence-corrected chi connectivity index (χ2v) is 4.76. The van der Waals surface area contributed by atoms with Crippen LogP contribution in [-0.4, -0.2) is 35.3 Å². The summed E-state index contributed by atoms with van der Waals surface area (Å²) in [5, 5.41) is 13.3. The maximum absolute atomic E-state index is 9.07. The van der Waals surface area contributed by atoms with Crippen LogP contribution >= 0.6 is 11.8 Å². The van der Waals surface area contributed by atoms with Gasteiger partial charge in [-0.3, -0.25) is 0 Å². The third kappa shape index (κ3) is 3.33. The molecule has 3 atom stereocenters. The summed E-state index contributed by atoms with van der Waals surface area (Å²) in [4.78, 5) is 0. The van der Waals surface area contributed by atoms with Gasteiger partial charge in [0.2, 0.25) is 0 Å². The number of aliphatic hydroxyl groups excluding tert-OH is 1. The van der Waals surface area contributed by atoms with Crippen LogP contribution in [0, 0.1) is 0 Å². The predicted octanol–water partition coefficient (Wildman–Crippen LogP) is 1.24. The van der Waals surface area contributed by atoms with Crippen LogP contribution in [0.3, 0.4) is 0 Å². The van der Waals surface area contributed by atoms with Crippen molar-refractivity contribution in [3.63, 3.8) is 0 Å². The molecule has 0 radical (unpaired) electrons. The quantitative estimate of drug-likeness (QED) is 0.698. The Labute approximate surface area is 79.1 Å². The summed E-state index contributed by atoms with van der Waals surface area (Å²) in [6.45, 7) is 2.57. The first-order chi connectivity index (χ1) is 5.72. The Balaban J connectivity index is 2.11. The molecule has 3 unspecified atom stereocenters. The van der Waals surface area contributed by atoms with Gasteiger partial charge >= 0.3 is 0 Å². The SMILES string of the molecule is CSC1CCC(NCC(C)O)C1. The van der Waals surface area contributed by atoms with E-state index in [1.54, 1.807) is 0 Å². The minimum atomic E-state index is -0.210. The fraction of sp³-hybridized carbons (Fsp3) is 1.00. The predicted molar refractivity (Wildman–Crippen MR) is 54.6 cm³/mol. The Morgan fingerprint density at radius 2 is 2.33 bits per heavy atom. The molecule has 1 rings (SSSR count). The number of hydrogen-bond donors (Lipinski definition) is 2. The Morgan fingerprint density at radius 3 is 2.83 bits per heavy atom. The van der Waals surface area contributed by atoms with E-state index in [2.05, 4.69) is 11.6 Å². The highest BCUT2D eigenvalue weighted by molar-refractivity contribution is 7.99. The Bertz CT molecular complexity index is 130. The Kier molecular flexibility index (Phi) is 4.40. The normalized spacial score (nSPS) is 32.2. The molecule has 2 N–H and O–H groups in total. The van der Waals surface area contributed by atoms with E-state index >= 15 is 0 Å². The zero-order chi connectivity index (χ0) is 8.97. The summed E-state index contributed by atoms with van der Waals surface area (Å²) in [6.07, 6.45) is 5.85. The summed E-state index contributed by atoms with van der Waals surface area (Å²) in [6, 6.07) is 0.650. The van der Waals surface area contributed by atoms with Crippen molar-refractivity contribution in [2.75, 3.05) is 12.8 Å². The van der Waals surface area contributed by atoms with Crippen molar-refractivity contribution in [2.45, 2.75) is 43.6 Å². The van der Waals surface area contributed by atoms with E-state index < -0.39 is 0 Å². The van der Waals surface area contributed by atoms with Crippen LogP contribution in [0.2, 0.25) is 0 Å². The topological polar surface area (TPSA) is 32.3 Å². The largest absolute Gasteiger partial charge is 0.392 e. The number of thioether (sulfide) groups is 1. The summed E-state index contributed by atoms with van der Waals surface area (Å²) < 4.78 is 0. The summed E-state index contributed by atoms with van der Waals surface area (Å²) in [5.74, 6) is 0. The van der Waals surface area contributed by atoms with E-state index in [1.165, 1.54) is 19.3 Å². The number of rotatable bonds is 4. The monoisotopic (exact) mass is 189 g/mol. The maximum Gasteiger partial charge on any atom is 0.0636 e. The van der Waals surface area contributed by atoms with Crippen LogP contribution in [-0.2, 0) is 0 Å². The van der Waals surface area contributed by atoms with Gasteiger partial charge in [0.1, 0.15) is 0 Å². The van der Waals surface area contributed by atoms with Crippen molar-refractivity contribution in [3.05, 3.63) is 0 Å². The van der Waals surface area contributed by atoms with Crippen LogP contribution in [0.25, 0.3) is 0 Å². The second-order valence-electron chi connectivity index (χ2n) is 3.62. The first kappa shape index (κ1) is 10.4. The van der Waals surface area contributed by atoms with Crippen molar-refractivity contribution in [2.24, 2.45) is 0 Å². The van der Waals surface area contributed by atoms with Crippen molar-refractivity contribution in [1.29, 1.82) is 0 Å².